The van der Waals surface area contributed by atoms with Crippen molar-refractivity contribution in [3.63, 3.8) is 0 Å². The Kier molecular flexibility index (Phi) is 7.09. The molecule has 1 aromatic carbocycles. The first-order valence-corrected chi connectivity index (χ1v) is 12.7. The minimum absolute atomic E-state index is 0.132. The van der Waals surface area contributed by atoms with Gasteiger partial charge in [-0.05, 0) is 36.2 Å². The number of carbonyl (C=O) groups excluding carboxylic acids is 1. The van der Waals surface area contributed by atoms with Gasteiger partial charge < -0.3 is 9.72 Å². The summed E-state index contributed by atoms with van der Waals surface area (Å²) in [7, 11) is -3.48. The fourth-order valence-electron chi connectivity index (χ4n) is 3.77. The van der Waals surface area contributed by atoms with Gasteiger partial charge in [0.25, 0.3) is 0 Å². The van der Waals surface area contributed by atoms with Gasteiger partial charge in [0.1, 0.15) is 5.65 Å². The van der Waals surface area contributed by atoms with Crippen LogP contribution >= 0.6 is 0 Å². The van der Waals surface area contributed by atoms with Crippen LogP contribution in [0, 0.1) is 0 Å². The Balaban J connectivity index is 1.30. The molecule has 0 radical (unpaired) electrons. The molecular formula is C24H28N6O3S. The number of imidazole rings is 1. The summed E-state index contributed by atoms with van der Waals surface area (Å²) in [5.74, 6) is -0.132. The summed E-state index contributed by atoms with van der Waals surface area (Å²) in [5, 5.41) is 7.17. The number of aryl methyl sites for hydroxylation is 1. The SMILES string of the molecule is CCN(CC)S(=O)(=O)c1ccc(CCC(=O)Nc2cnn(Cc3cn4ccccc4n3)c2)cc1. The van der Waals surface area contributed by atoms with Crippen LogP contribution in [-0.2, 0) is 27.8 Å². The molecule has 0 aliphatic heterocycles. The van der Waals surface area contributed by atoms with Crippen molar-refractivity contribution in [1.29, 1.82) is 0 Å². The monoisotopic (exact) mass is 480 g/mol. The normalized spacial score (nSPS) is 11.9. The van der Waals surface area contributed by atoms with Crippen molar-refractivity contribution in [3.05, 3.63) is 78.5 Å². The molecule has 0 saturated carbocycles. The van der Waals surface area contributed by atoms with Gasteiger partial charge in [-0.3, -0.25) is 9.48 Å². The molecule has 0 fully saturated rings. The topological polar surface area (TPSA) is 102 Å². The summed E-state index contributed by atoms with van der Waals surface area (Å²) in [5.41, 5.74) is 3.26. The lowest BCUT2D eigenvalue weighted by molar-refractivity contribution is -0.116. The van der Waals surface area contributed by atoms with E-state index in [1.807, 2.05) is 48.8 Å². The quantitative estimate of drug-likeness (QED) is 0.376. The van der Waals surface area contributed by atoms with Crippen molar-refractivity contribution in [1.82, 2.24) is 23.5 Å². The average molecular weight is 481 g/mol. The second-order valence-corrected chi connectivity index (χ2v) is 9.84. The van der Waals surface area contributed by atoms with E-state index in [0.717, 1.165) is 16.9 Å². The first-order chi connectivity index (χ1) is 16.4. The predicted octanol–water partition coefficient (Wildman–Crippen LogP) is 3.18. The number of carbonyl (C=O) groups is 1. The Labute approximate surface area is 199 Å². The molecule has 0 spiro atoms. The van der Waals surface area contributed by atoms with Crippen LogP contribution in [-0.4, -0.2) is 50.9 Å². The number of amides is 1. The highest BCUT2D eigenvalue weighted by molar-refractivity contribution is 7.89. The number of fused-ring (bicyclic) bond motifs is 1. The van der Waals surface area contributed by atoms with E-state index in [1.54, 1.807) is 41.3 Å². The van der Waals surface area contributed by atoms with Crippen molar-refractivity contribution in [2.75, 3.05) is 18.4 Å². The zero-order valence-corrected chi connectivity index (χ0v) is 20.1. The van der Waals surface area contributed by atoms with E-state index in [0.29, 0.717) is 31.7 Å². The molecule has 0 saturated heterocycles. The summed E-state index contributed by atoms with van der Waals surface area (Å²) in [6.07, 6.45) is 8.06. The van der Waals surface area contributed by atoms with Crippen molar-refractivity contribution in [2.24, 2.45) is 0 Å². The van der Waals surface area contributed by atoms with Crippen LogP contribution in [0.3, 0.4) is 0 Å². The number of sulfonamides is 1. The number of hydrogen-bond acceptors (Lipinski definition) is 5. The lowest BCUT2D eigenvalue weighted by Crippen LogP contribution is -2.30. The largest absolute Gasteiger partial charge is 0.323 e. The number of aromatic nitrogens is 4. The summed E-state index contributed by atoms with van der Waals surface area (Å²) >= 11 is 0. The molecule has 3 aromatic heterocycles. The molecule has 0 atom stereocenters. The zero-order valence-electron chi connectivity index (χ0n) is 19.3. The highest BCUT2D eigenvalue weighted by atomic mass is 32.2. The predicted molar refractivity (Wildman–Crippen MR) is 130 cm³/mol. The molecule has 10 heteroatoms. The molecule has 4 rings (SSSR count). The number of rotatable bonds is 10. The Bertz CT molecular complexity index is 1340. The molecule has 34 heavy (non-hydrogen) atoms. The molecule has 0 aliphatic rings. The average Bonchev–Trinajstić information content (AvgIpc) is 3.44. The zero-order chi connectivity index (χ0) is 24.1. The maximum atomic E-state index is 12.6. The first kappa shape index (κ1) is 23.7. The second-order valence-electron chi connectivity index (χ2n) is 7.91. The van der Waals surface area contributed by atoms with Crippen LogP contribution in [0.2, 0.25) is 0 Å². The van der Waals surface area contributed by atoms with Gasteiger partial charge in [-0.15, -0.1) is 0 Å². The van der Waals surface area contributed by atoms with Gasteiger partial charge in [-0.1, -0.05) is 32.0 Å². The van der Waals surface area contributed by atoms with Gasteiger partial charge in [0.2, 0.25) is 15.9 Å². The summed E-state index contributed by atoms with van der Waals surface area (Å²) in [6.45, 7) is 4.99. The van der Waals surface area contributed by atoms with Crippen LogP contribution in [0.5, 0.6) is 0 Å². The van der Waals surface area contributed by atoms with Crippen LogP contribution in [0.1, 0.15) is 31.5 Å². The number of nitrogens with zero attached hydrogens (tertiary/aromatic N) is 5. The third-order valence-corrected chi connectivity index (χ3v) is 7.63. The van der Waals surface area contributed by atoms with E-state index in [-0.39, 0.29) is 17.2 Å². The lowest BCUT2D eigenvalue weighted by Gasteiger charge is -2.18. The Morgan fingerprint density at radius 1 is 1.06 bits per heavy atom. The van der Waals surface area contributed by atoms with E-state index >= 15 is 0 Å². The molecule has 9 nitrogen and oxygen atoms in total. The molecule has 0 unspecified atom stereocenters. The number of nitrogens with one attached hydrogen (secondary N) is 1. The highest BCUT2D eigenvalue weighted by Gasteiger charge is 2.21. The molecule has 4 aromatic rings. The number of hydrogen-bond donors (Lipinski definition) is 1. The minimum atomic E-state index is -3.48. The first-order valence-electron chi connectivity index (χ1n) is 11.2. The third kappa shape index (κ3) is 5.35. The molecule has 0 aliphatic carbocycles. The van der Waals surface area contributed by atoms with Crippen LogP contribution < -0.4 is 5.32 Å². The fourth-order valence-corrected chi connectivity index (χ4v) is 5.22. The standard InChI is InChI=1S/C24H28N6O3S/c1-3-30(4-2)34(32,33)22-11-8-19(9-12-22)10-13-24(31)27-20-15-25-29(17-20)18-21-16-28-14-6-5-7-23(28)26-21/h5-9,11-12,14-17H,3-4,10,13,18H2,1-2H3,(H,27,31). The minimum Gasteiger partial charge on any atom is -0.323 e. The third-order valence-electron chi connectivity index (χ3n) is 5.56. The van der Waals surface area contributed by atoms with E-state index in [2.05, 4.69) is 15.4 Å². The van der Waals surface area contributed by atoms with Gasteiger partial charge >= 0.3 is 0 Å². The Morgan fingerprint density at radius 2 is 1.82 bits per heavy atom. The molecular weight excluding hydrogens is 452 g/mol. The fraction of sp³-hybridized carbons (Fsp3) is 0.292. The molecule has 178 valence electrons. The highest BCUT2D eigenvalue weighted by Crippen LogP contribution is 2.17. The maximum absolute atomic E-state index is 12.6. The van der Waals surface area contributed by atoms with Crippen LogP contribution in [0.25, 0.3) is 5.65 Å². The summed E-state index contributed by atoms with van der Waals surface area (Å²) in [4.78, 5) is 17.2. The van der Waals surface area contributed by atoms with Gasteiger partial charge in [0, 0.05) is 38.1 Å². The maximum Gasteiger partial charge on any atom is 0.243 e. The van der Waals surface area contributed by atoms with Crippen molar-refractivity contribution in [3.8, 4) is 0 Å². The van der Waals surface area contributed by atoms with Crippen molar-refractivity contribution in [2.45, 2.75) is 38.1 Å². The number of anilines is 1. The second kappa shape index (κ2) is 10.2. The molecule has 1 N–H and O–H groups in total. The smallest absolute Gasteiger partial charge is 0.243 e. The van der Waals surface area contributed by atoms with Crippen LogP contribution in [0.4, 0.5) is 5.69 Å². The molecule has 3 heterocycles. The Hall–Kier alpha value is -3.50. The van der Waals surface area contributed by atoms with Gasteiger partial charge in [-0.25, -0.2) is 13.4 Å². The number of pyridine rings is 1. The Morgan fingerprint density at radius 3 is 2.53 bits per heavy atom. The van der Waals surface area contributed by atoms with Crippen LogP contribution in [0.15, 0.2) is 72.1 Å². The molecule has 1 amide bonds. The van der Waals surface area contributed by atoms with Gasteiger partial charge in [0.15, 0.2) is 0 Å². The number of benzene rings is 1. The van der Waals surface area contributed by atoms with E-state index < -0.39 is 10.0 Å². The van der Waals surface area contributed by atoms with E-state index in [1.165, 1.54) is 4.31 Å². The molecule has 0 bridgehead atoms. The van der Waals surface area contributed by atoms with Crippen molar-refractivity contribution >= 4 is 27.3 Å². The summed E-state index contributed by atoms with van der Waals surface area (Å²) < 4.78 is 30.3. The van der Waals surface area contributed by atoms with Crippen molar-refractivity contribution < 1.29 is 13.2 Å². The van der Waals surface area contributed by atoms with Gasteiger partial charge in [-0.2, -0.15) is 9.40 Å². The van der Waals surface area contributed by atoms with Gasteiger partial charge in [0.05, 0.1) is 29.0 Å². The van der Waals surface area contributed by atoms with E-state index in [4.69, 9.17) is 0 Å². The van der Waals surface area contributed by atoms with E-state index in [9.17, 15) is 13.2 Å². The summed E-state index contributed by atoms with van der Waals surface area (Å²) in [6, 6.07) is 12.6. The lowest BCUT2D eigenvalue weighted by atomic mass is 10.1.